The molecule has 8 nitrogen and oxygen atoms in total. The molecule has 4 aromatic rings. The van der Waals surface area contributed by atoms with Crippen LogP contribution >= 0.6 is 33.9 Å². The molecule has 3 aromatic carbocycles. The Balaban J connectivity index is 1.37. The zero-order valence-corrected chi connectivity index (χ0v) is 23.0. The number of aryl methyl sites for hydroxylation is 1. The summed E-state index contributed by atoms with van der Waals surface area (Å²) in [6.07, 6.45) is 1.52. The lowest BCUT2D eigenvalue weighted by Crippen LogP contribution is -2.17. The Morgan fingerprint density at radius 2 is 1.95 bits per heavy atom. The average molecular weight is 623 g/mol. The molecule has 0 spiro atoms. The van der Waals surface area contributed by atoms with E-state index in [2.05, 4.69) is 43.4 Å². The van der Waals surface area contributed by atoms with Crippen molar-refractivity contribution >= 4 is 56.9 Å². The average Bonchev–Trinajstić information content (AvgIpc) is 3.37. The van der Waals surface area contributed by atoms with Gasteiger partial charge in [-0.2, -0.15) is 10.4 Å². The molecule has 10 heteroatoms. The third-order valence-corrected chi connectivity index (χ3v) is 6.72. The van der Waals surface area contributed by atoms with Gasteiger partial charge in [0.05, 0.1) is 22.6 Å². The molecule has 1 heterocycles. The minimum atomic E-state index is -0.335. The van der Waals surface area contributed by atoms with Crippen molar-refractivity contribution in [2.24, 2.45) is 5.10 Å². The molecule has 4 rings (SSSR count). The van der Waals surface area contributed by atoms with E-state index in [1.165, 1.54) is 30.2 Å². The zero-order chi connectivity index (χ0) is 26.2. The highest BCUT2D eigenvalue weighted by Gasteiger charge is 2.12. The van der Waals surface area contributed by atoms with E-state index < -0.39 is 0 Å². The summed E-state index contributed by atoms with van der Waals surface area (Å²) in [5.74, 6) is 0.632. The Kier molecular flexibility index (Phi) is 8.71. The van der Waals surface area contributed by atoms with Crippen molar-refractivity contribution < 1.29 is 14.3 Å². The molecule has 1 aromatic heterocycles. The number of halogens is 1. The molecule has 0 saturated carbocycles. The fourth-order valence-corrected chi connectivity index (χ4v) is 4.83. The topological polar surface area (TPSA) is 109 Å². The van der Waals surface area contributed by atoms with Gasteiger partial charge in [-0.05, 0) is 71.5 Å². The number of carbonyl (C=O) groups excluding carboxylic acids is 1. The number of rotatable bonds is 9. The Morgan fingerprint density at radius 1 is 1.19 bits per heavy atom. The van der Waals surface area contributed by atoms with Crippen LogP contribution in [0.5, 0.6) is 11.5 Å². The number of anilines is 2. The predicted molar refractivity (Wildman–Crippen MR) is 154 cm³/mol. The van der Waals surface area contributed by atoms with Crippen LogP contribution in [0.25, 0.3) is 11.3 Å². The standard InChI is InChI=1S/C27H22IN5O3S/c1-17-3-9-21(10-4-17)31-27-32-23(16-37-27)19-5-7-20(8-6-19)26(34)33-30-15-18-13-22(28)25(36-12-11-29)24(14-18)35-2/h3-10,13-16H,12H2,1-2H3,(H,31,32)(H,33,34)/b30-15-. The molecule has 0 fully saturated rings. The fraction of sp³-hybridized carbons (Fsp3) is 0.111. The van der Waals surface area contributed by atoms with E-state index in [0.29, 0.717) is 22.6 Å². The maximum absolute atomic E-state index is 12.6. The highest BCUT2D eigenvalue weighted by atomic mass is 127. The van der Waals surface area contributed by atoms with Gasteiger partial charge in [-0.25, -0.2) is 10.4 Å². The molecule has 186 valence electrons. The molecule has 2 N–H and O–H groups in total. The second kappa shape index (κ2) is 12.3. The van der Waals surface area contributed by atoms with E-state index in [1.807, 2.05) is 60.8 Å². The summed E-state index contributed by atoms with van der Waals surface area (Å²) < 4.78 is 11.5. The molecule has 1 amide bonds. The number of hydrazone groups is 1. The van der Waals surface area contributed by atoms with Crippen molar-refractivity contribution in [3.8, 4) is 28.8 Å². The van der Waals surface area contributed by atoms with Crippen LogP contribution in [0.1, 0.15) is 21.5 Å². The van der Waals surface area contributed by atoms with Gasteiger partial charge in [-0.15, -0.1) is 11.3 Å². The highest BCUT2D eigenvalue weighted by Crippen LogP contribution is 2.33. The Hall–Kier alpha value is -3.95. The molecule has 0 aliphatic rings. The SMILES string of the molecule is COc1cc(/C=N\NC(=O)c2ccc(-c3csc(Nc4ccc(C)cc4)n3)cc2)cc(I)c1OCC#N. The third-order valence-electron chi connectivity index (χ3n) is 5.16. The summed E-state index contributed by atoms with van der Waals surface area (Å²) in [6.45, 7) is 1.97. The largest absolute Gasteiger partial charge is 0.493 e. The molecule has 0 atom stereocenters. The van der Waals surface area contributed by atoms with E-state index >= 15 is 0 Å². The highest BCUT2D eigenvalue weighted by molar-refractivity contribution is 14.1. The van der Waals surface area contributed by atoms with Crippen molar-refractivity contribution in [1.82, 2.24) is 10.4 Å². The van der Waals surface area contributed by atoms with Crippen LogP contribution in [-0.4, -0.2) is 30.8 Å². The van der Waals surface area contributed by atoms with E-state index in [9.17, 15) is 4.79 Å². The van der Waals surface area contributed by atoms with Gasteiger partial charge >= 0.3 is 0 Å². The zero-order valence-electron chi connectivity index (χ0n) is 20.0. The van der Waals surface area contributed by atoms with Crippen molar-refractivity contribution in [2.45, 2.75) is 6.92 Å². The number of thiazole rings is 1. The summed E-state index contributed by atoms with van der Waals surface area (Å²) in [6, 6.07) is 20.8. The summed E-state index contributed by atoms with van der Waals surface area (Å²) in [5, 5.41) is 18.9. The number of methoxy groups -OCH3 is 1. The molecule has 0 bridgehead atoms. The Morgan fingerprint density at radius 3 is 2.65 bits per heavy atom. The molecular formula is C27H22IN5O3S. The van der Waals surface area contributed by atoms with Crippen LogP contribution in [0.2, 0.25) is 0 Å². The Labute approximate surface area is 232 Å². The number of nitriles is 1. The van der Waals surface area contributed by atoms with Crippen LogP contribution in [-0.2, 0) is 0 Å². The number of nitrogens with zero attached hydrogens (tertiary/aromatic N) is 3. The van der Waals surface area contributed by atoms with Gasteiger partial charge in [-0.3, -0.25) is 4.79 Å². The molecular weight excluding hydrogens is 601 g/mol. The van der Waals surface area contributed by atoms with Crippen LogP contribution in [0.15, 0.2) is 71.1 Å². The number of hydrogen-bond donors (Lipinski definition) is 2. The van der Waals surface area contributed by atoms with E-state index in [4.69, 9.17) is 14.7 Å². The number of carbonyl (C=O) groups is 1. The molecule has 37 heavy (non-hydrogen) atoms. The van der Waals surface area contributed by atoms with Crippen molar-refractivity contribution in [1.29, 1.82) is 5.26 Å². The smallest absolute Gasteiger partial charge is 0.271 e. The predicted octanol–water partition coefficient (Wildman–Crippen LogP) is 6.14. The first-order valence-electron chi connectivity index (χ1n) is 11.1. The summed E-state index contributed by atoms with van der Waals surface area (Å²) in [7, 11) is 1.52. The minimum absolute atomic E-state index is 0.0808. The van der Waals surface area contributed by atoms with E-state index in [0.717, 1.165) is 25.6 Å². The maximum Gasteiger partial charge on any atom is 0.271 e. The first-order chi connectivity index (χ1) is 18.0. The molecule has 0 aliphatic carbocycles. The van der Waals surface area contributed by atoms with Gasteiger partial charge in [0, 0.05) is 22.2 Å². The maximum atomic E-state index is 12.6. The Bertz CT molecular complexity index is 1460. The molecule has 0 saturated heterocycles. The molecule has 0 aliphatic heterocycles. The van der Waals surface area contributed by atoms with Crippen molar-refractivity contribution in [3.05, 3.63) is 86.3 Å². The molecule has 0 radical (unpaired) electrons. The van der Waals surface area contributed by atoms with E-state index in [1.54, 1.807) is 18.2 Å². The van der Waals surface area contributed by atoms with Gasteiger partial charge in [-0.1, -0.05) is 29.8 Å². The van der Waals surface area contributed by atoms with Crippen molar-refractivity contribution in [3.63, 3.8) is 0 Å². The van der Waals surface area contributed by atoms with Gasteiger partial charge in [0.25, 0.3) is 5.91 Å². The van der Waals surface area contributed by atoms with Crippen LogP contribution in [0, 0.1) is 21.8 Å². The van der Waals surface area contributed by atoms with Gasteiger partial charge < -0.3 is 14.8 Å². The normalized spacial score (nSPS) is 10.6. The summed E-state index contributed by atoms with van der Waals surface area (Å²) in [5.41, 5.74) is 7.64. The summed E-state index contributed by atoms with van der Waals surface area (Å²) in [4.78, 5) is 17.2. The second-order valence-electron chi connectivity index (χ2n) is 7.79. The first kappa shape index (κ1) is 26.1. The quantitative estimate of drug-likeness (QED) is 0.132. The number of nitrogens with one attached hydrogen (secondary N) is 2. The van der Waals surface area contributed by atoms with Gasteiger partial charge in [0.1, 0.15) is 6.07 Å². The van der Waals surface area contributed by atoms with Crippen LogP contribution in [0.4, 0.5) is 10.8 Å². The lowest BCUT2D eigenvalue weighted by Gasteiger charge is -2.11. The molecule has 0 unspecified atom stereocenters. The number of aromatic nitrogens is 1. The van der Waals surface area contributed by atoms with Crippen LogP contribution in [0.3, 0.4) is 0 Å². The fourth-order valence-electron chi connectivity index (χ4n) is 3.31. The third kappa shape index (κ3) is 6.84. The van der Waals surface area contributed by atoms with E-state index in [-0.39, 0.29) is 12.5 Å². The lowest BCUT2D eigenvalue weighted by atomic mass is 10.1. The monoisotopic (exact) mass is 623 g/mol. The van der Waals surface area contributed by atoms with Gasteiger partial charge in [0.2, 0.25) is 0 Å². The van der Waals surface area contributed by atoms with Gasteiger partial charge in [0.15, 0.2) is 23.2 Å². The lowest BCUT2D eigenvalue weighted by molar-refractivity contribution is 0.0955. The summed E-state index contributed by atoms with van der Waals surface area (Å²) >= 11 is 3.61. The number of hydrogen-bond acceptors (Lipinski definition) is 8. The minimum Gasteiger partial charge on any atom is -0.493 e. The number of amides is 1. The number of ether oxygens (including phenoxy) is 2. The van der Waals surface area contributed by atoms with Crippen molar-refractivity contribution in [2.75, 3.05) is 19.0 Å². The number of benzene rings is 3. The second-order valence-corrected chi connectivity index (χ2v) is 9.81. The first-order valence-corrected chi connectivity index (χ1v) is 13.0. The van der Waals surface area contributed by atoms with Crippen LogP contribution < -0.4 is 20.2 Å².